The summed E-state index contributed by atoms with van der Waals surface area (Å²) >= 11 is 3.46. The van der Waals surface area contributed by atoms with Crippen LogP contribution in [0.15, 0.2) is 119 Å². The Morgan fingerprint density at radius 1 is 0.818 bits per heavy atom. The summed E-state index contributed by atoms with van der Waals surface area (Å²) in [5, 5.41) is 3.05. The van der Waals surface area contributed by atoms with E-state index >= 15 is 0 Å². The van der Waals surface area contributed by atoms with Gasteiger partial charge in [-0.05, 0) is 67.8 Å². The number of rotatable bonds is 13. The third kappa shape index (κ3) is 8.57. The van der Waals surface area contributed by atoms with Gasteiger partial charge < -0.3 is 10.2 Å². The van der Waals surface area contributed by atoms with E-state index in [1.807, 2.05) is 75.4 Å². The highest BCUT2D eigenvalue weighted by atomic mass is 79.9. The molecule has 4 aromatic rings. The van der Waals surface area contributed by atoms with Gasteiger partial charge in [0, 0.05) is 23.5 Å². The number of anilines is 1. The summed E-state index contributed by atoms with van der Waals surface area (Å²) in [5.41, 5.74) is 2.97. The van der Waals surface area contributed by atoms with Gasteiger partial charge in [0.2, 0.25) is 11.8 Å². The molecule has 0 saturated carbocycles. The van der Waals surface area contributed by atoms with Crippen LogP contribution >= 0.6 is 15.9 Å². The van der Waals surface area contributed by atoms with Gasteiger partial charge in [0.15, 0.2) is 0 Å². The molecule has 1 N–H and O–H groups in total. The fraction of sp³-hybridized carbons (Fsp3) is 0.257. The predicted molar refractivity (Wildman–Crippen MR) is 179 cm³/mol. The van der Waals surface area contributed by atoms with E-state index < -0.39 is 28.5 Å². The van der Waals surface area contributed by atoms with Gasteiger partial charge in [-0.1, -0.05) is 101 Å². The molecule has 0 unspecified atom stereocenters. The number of hydrogen-bond acceptors (Lipinski definition) is 4. The highest BCUT2D eigenvalue weighted by Gasteiger charge is 2.34. The van der Waals surface area contributed by atoms with Gasteiger partial charge in [0.05, 0.1) is 10.6 Å². The minimum atomic E-state index is -4.13. The zero-order chi connectivity index (χ0) is 31.7. The summed E-state index contributed by atoms with van der Waals surface area (Å²) in [7, 11) is -4.13. The molecule has 0 saturated heterocycles. The van der Waals surface area contributed by atoms with Crippen molar-refractivity contribution in [3.63, 3.8) is 0 Å². The average molecular weight is 677 g/mol. The molecular weight excluding hydrogens is 638 g/mol. The van der Waals surface area contributed by atoms with Crippen LogP contribution < -0.4 is 9.62 Å². The molecule has 0 heterocycles. The maximum atomic E-state index is 14.5. The fourth-order valence-corrected chi connectivity index (χ4v) is 6.42. The monoisotopic (exact) mass is 675 g/mol. The maximum Gasteiger partial charge on any atom is 0.264 e. The Morgan fingerprint density at radius 3 is 2.00 bits per heavy atom. The van der Waals surface area contributed by atoms with Crippen LogP contribution in [0, 0.1) is 6.92 Å². The molecule has 230 valence electrons. The highest BCUT2D eigenvalue weighted by molar-refractivity contribution is 9.10. The summed E-state index contributed by atoms with van der Waals surface area (Å²) in [6.07, 6.45) is 0.989. The topological polar surface area (TPSA) is 86.8 Å². The predicted octanol–water partition coefficient (Wildman–Crippen LogP) is 6.51. The lowest BCUT2D eigenvalue weighted by atomic mass is 10.0. The first-order valence-electron chi connectivity index (χ1n) is 14.6. The van der Waals surface area contributed by atoms with E-state index in [1.165, 1.54) is 4.90 Å². The number of aryl methyl sites for hydroxylation is 1. The first-order valence-corrected chi connectivity index (χ1v) is 16.8. The van der Waals surface area contributed by atoms with Crippen molar-refractivity contribution in [2.75, 3.05) is 10.8 Å². The molecule has 0 fully saturated rings. The number of sulfonamides is 1. The molecule has 4 aromatic carbocycles. The van der Waals surface area contributed by atoms with Crippen LogP contribution in [0.2, 0.25) is 0 Å². The van der Waals surface area contributed by atoms with Gasteiger partial charge in [-0.25, -0.2) is 8.42 Å². The van der Waals surface area contributed by atoms with Crippen molar-refractivity contribution in [1.29, 1.82) is 0 Å². The van der Waals surface area contributed by atoms with Crippen LogP contribution in [0.5, 0.6) is 0 Å². The van der Waals surface area contributed by atoms with Gasteiger partial charge >= 0.3 is 0 Å². The maximum absolute atomic E-state index is 14.5. The Morgan fingerprint density at radius 2 is 1.41 bits per heavy atom. The largest absolute Gasteiger partial charge is 0.352 e. The molecule has 0 spiro atoms. The molecule has 0 aromatic heterocycles. The average Bonchev–Trinajstić information content (AvgIpc) is 3.03. The number of para-hydroxylation sites is 1. The molecular formula is C35H38BrN3O4S. The van der Waals surface area contributed by atoms with Crippen molar-refractivity contribution in [2.24, 2.45) is 0 Å². The lowest BCUT2D eigenvalue weighted by Gasteiger charge is -2.34. The van der Waals surface area contributed by atoms with Crippen LogP contribution in [-0.2, 0) is 32.6 Å². The van der Waals surface area contributed by atoms with Crippen LogP contribution in [0.4, 0.5) is 5.69 Å². The molecule has 44 heavy (non-hydrogen) atoms. The minimum absolute atomic E-state index is 0.0783. The van der Waals surface area contributed by atoms with Gasteiger partial charge in [-0.2, -0.15) is 0 Å². The zero-order valence-corrected chi connectivity index (χ0v) is 27.6. The third-order valence-electron chi connectivity index (χ3n) is 7.47. The second-order valence-corrected chi connectivity index (χ2v) is 13.6. The molecule has 0 aliphatic heterocycles. The Balaban J connectivity index is 1.78. The van der Waals surface area contributed by atoms with Crippen LogP contribution in [-0.4, -0.2) is 43.8 Å². The zero-order valence-electron chi connectivity index (χ0n) is 25.2. The van der Waals surface area contributed by atoms with Crippen LogP contribution in [0.1, 0.15) is 37.0 Å². The second kappa shape index (κ2) is 15.2. The number of benzene rings is 4. The van der Waals surface area contributed by atoms with Crippen LogP contribution in [0.25, 0.3) is 0 Å². The van der Waals surface area contributed by atoms with Crippen molar-refractivity contribution in [1.82, 2.24) is 10.2 Å². The molecule has 0 aliphatic rings. The summed E-state index contributed by atoms with van der Waals surface area (Å²) in [4.78, 5) is 29.9. The number of halogens is 1. The number of amides is 2. The van der Waals surface area contributed by atoms with E-state index in [0.29, 0.717) is 5.69 Å². The highest BCUT2D eigenvalue weighted by Crippen LogP contribution is 2.25. The fourth-order valence-electron chi connectivity index (χ4n) is 4.74. The summed E-state index contributed by atoms with van der Waals surface area (Å²) in [6, 6.07) is 31.2. The second-order valence-electron chi connectivity index (χ2n) is 10.8. The van der Waals surface area contributed by atoms with Crippen LogP contribution in [0.3, 0.4) is 0 Å². The molecule has 4 rings (SSSR count). The van der Waals surface area contributed by atoms with E-state index in [2.05, 4.69) is 21.2 Å². The number of carbonyl (C=O) groups excluding carboxylic acids is 2. The standard InChI is InChI=1S/C35H38BrN3O4S/c1-4-27(3)37-35(41)33(23-28-11-7-5-8-12-28)38(24-29-17-19-30(36)20-18-29)34(40)25-39(31-13-9-6-10-14-31)44(42,43)32-21-15-26(2)16-22-32/h5-22,27,33H,4,23-25H2,1-3H3,(H,37,41)/t27-,33+/m0/s1. The molecule has 0 aliphatic carbocycles. The Bertz CT molecular complexity index is 1630. The molecule has 0 bridgehead atoms. The van der Waals surface area contributed by atoms with Gasteiger partial charge in [0.25, 0.3) is 10.0 Å². The molecule has 2 amide bonds. The molecule has 7 nitrogen and oxygen atoms in total. The van der Waals surface area contributed by atoms with Gasteiger partial charge in [-0.3, -0.25) is 13.9 Å². The lowest BCUT2D eigenvalue weighted by Crippen LogP contribution is -2.54. The summed E-state index contributed by atoms with van der Waals surface area (Å²) in [6.45, 7) is 5.41. The van der Waals surface area contributed by atoms with Crippen molar-refractivity contribution in [2.45, 2.75) is 57.1 Å². The molecule has 9 heteroatoms. The first kappa shape index (κ1) is 33.0. The van der Waals surface area contributed by atoms with Crippen molar-refractivity contribution < 1.29 is 18.0 Å². The Hall–Kier alpha value is -3.95. The Labute approximate surface area is 269 Å². The Kier molecular flexibility index (Phi) is 11.4. The first-order chi connectivity index (χ1) is 21.1. The SMILES string of the molecule is CC[C@H](C)NC(=O)[C@@H](Cc1ccccc1)N(Cc1ccc(Br)cc1)C(=O)CN(c1ccccc1)S(=O)(=O)c1ccc(C)cc1. The number of hydrogen-bond donors (Lipinski definition) is 1. The van der Waals surface area contributed by atoms with E-state index in [-0.39, 0.29) is 29.8 Å². The number of carbonyl (C=O) groups is 2. The smallest absolute Gasteiger partial charge is 0.264 e. The van der Waals surface area contributed by atoms with Crippen molar-refractivity contribution in [3.05, 3.63) is 130 Å². The van der Waals surface area contributed by atoms with Crippen molar-refractivity contribution in [3.8, 4) is 0 Å². The minimum Gasteiger partial charge on any atom is -0.352 e. The number of nitrogens with zero attached hydrogens (tertiary/aromatic N) is 2. The van der Waals surface area contributed by atoms with E-state index in [4.69, 9.17) is 0 Å². The van der Waals surface area contributed by atoms with Crippen molar-refractivity contribution >= 4 is 43.5 Å². The third-order valence-corrected chi connectivity index (χ3v) is 9.79. The normalized spacial score (nSPS) is 12.6. The van der Waals surface area contributed by atoms with E-state index in [0.717, 1.165) is 31.9 Å². The summed E-state index contributed by atoms with van der Waals surface area (Å²) < 4.78 is 30.1. The van der Waals surface area contributed by atoms with E-state index in [9.17, 15) is 18.0 Å². The summed E-state index contributed by atoms with van der Waals surface area (Å²) in [5.74, 6) is -0.783. The quantitative estimate of drug-likeness (QED) is 0.175. The molecule has 2 atom stereocenters. The molecule has 0 radical (unpaired) electrons. The number of nitrogens with one attached hydrogen (secondary N) is 1. The lowest BCUT2D eigenvalue weighted by molar-refractivity contribution is -0.140. The van der Waals surface area contributed by atoms with Gasteiger partial charge in [0.1, 0.15) is 12.6 Å². The van der Waals surface area contributed by atoms with E-state index in [1.54, 1.807) is 54.6 Å². The van der Waals surface area contributed by atoms with Gasteiger partial charge in [-0.15, -0.1) is 0 Å².